The molecule has 128 valence electrons. The number of likely N-dealkylation sites (tertiary alicyclic amines) is 1. The third kappa shape index (κ3) is 3.22. The van der Waals surface area contributed by atoms with Gasteiger partial charge in [0.25, 0.3) is 0 Å². The molecule has 1 N–H and O–H groups in total. The van der Waals surface area contributed by atoms with Gasteiger partial charge >= 0.3 is 12.2 Å². The van der Waals surface area contributed by atoms with Gasteiger partial charge in [0.1, 0.15) is 0 Å². The van der Waals surface area contributed by atoms with Crippen LogP contribution in [0.25, 0.3) is 0 Å². The summed E-state index contributed by atoms with van der Waals surface area (Å²) in [5, 5.41) is 6.17. The highest BCUT2D eigenvalue weighted by atomic mass is 19.4. The Morgan fingerprint density at radius 2 is 2.12 bits per heavy atom. The van der Waals surface area contributed by atoms with E-state index in [0.717, 1.165) is 12.5 Å². The number of alkyl halides is 3. The minimum Gasteiger partial charge on any atom is -0.359 e. The van der Waals surface area contributed by atoms with Crippen LogP contribution in [0, 0.1) is 6.92 Å². The molecule has 0 spiro atoms. The normalized spacial score (nSPS) is 18.0. The van der Waals surface area contributed by atoms with Gasteiger partial charge in [-0.05, 0) is 31.9 Å². The van der Waals surface area contributed by atoms with Crippen LogP contribution >= 0.6 is 0 Å². The summed E-state index contributed by atoms with van der Waals surface area (Å²) in [5.74, 6) is 0.546. The first-order valence-corrected chi connectivity index (χ1v) is 7.53. The summed E-state index contributed by atoms with van der Waals surface area (Å²) in [4.78, 5) is 13.9. The van der Waals surface area contributed by atoms with Crippen LogP contribution in [0.2, 0.25) is 0 Å². The molecule has 1 aliphatic heterocycles. The van der Waals surface area contributed by atoms with Gasteiger partial charge in [-0.2, -0.15) is 13.2 Å². The number of anilines is 1. The SMILES string of the molecule is Cc1cc(C2CCCN2C(=O)Nc2ccccc2C(F)(F)F)on1. The number of aromatic nitrogens is 1. The Kier molecular flexibility index (Phi) is 4.21. The highest BCUT2D eigenvalue weighted by Crippen LogP contribution is 2.36. The number of amides is 2. The van der Waals surface area contributed by atoms with E-state index in [0.29, 0.717) is 24.4 Å². The fourth-order valence-corrected chi connectivity index (χ4v) is 2.87. The average Bonchev–Trinajstić information content (AvgIpc) is 3.15. The topological polar surface area (TPSA) is 58.4 Å². The Morgan fingerprint density at radius 1 is 1.38 bits per heavy atom. The molecule has 1 aromatic heterocycles. The highest BCUT2D eigenvalue weighted by Gasteiger charge is 2.36. The second-order valence-corrected chi connectivity index (χ2v) is 5.70. The molecule has 8 heteroatoms. The van der Waals surface area contributed by atoms with Gasteiger partial charge < -0.3 is 14.7 Å². The van der Waals surface area contributed by atoms with Gasteiger partial charge in [-0.25, -0.2) is 4.79 Å². The second-order valence-electron chi connectivity index (χ2n) is 5.70. The van der Waals surface area contributed by atoms with Crippen molar-refractivity contribution in [2.45, 2.75) is 32.0 Å². The molecule has 0 bridgehead atoms. The number of nitrogens with zero attached hydrogens (tertiary/aromatic N) is 2. The number of rotatable bonds is 2. The highest BCUT2D eigenvalue weighted by molar-refractivity contribution is 5.90. The van der Waals surface area contributed by atoms with Crippen LogP contribution in [0.4, 0.5) is 23.7 Å². The zero-order valence-electron chi connectivity index (χ0n) is 12.9. The van der Waals surface area contributed by atoms with Gasteiger partial charge in [-0.1, -0.05) is 17.3 Å². The Morgan fingerprint density at radius 3 is 2.79 bits per heavy atom. The van der Waals surface area contributed by atoms with Crippen molar-refractivity contribution in [2.75, 3.05) is 11.9 Å². The molecule has 2 heterocycles. The van der Waals surface area contributed by atoms with Gasteiger partial charge in [0.05, 0.1) is 23.0 Å². The molecule has 2 aromatic rings. The van der Waals surface area contributed by atoms with E-state index in [1.54, 1.807) is 13.0 Å². The second kappa shape index (κ2) is 6.18. The number of hydrogen-bond acceptors (Lipinski definition) is 3. The third-order valence-corrected chi connectivity index (χ3v) is 3.96. The molecule has 3 rings (SSSR count). The summed E-state index contributed by atoms with van der Waals surface area (Å²) in [6, 6.07) is 5.76. The number of halogens is 3. The van der Waals surface area contributed by atoms with Crippen LogP contribution in [-0.4, -0.2) is 22.6 Å². The van der Waals surface area contributed by atoms with E-state index >= 15 is 0 Å². The van der Waals surface area contributed by atoms with Gasteiger partial charge in [-0.3, -0.25) is 0 Å². The number of carbonyl (C=O) groups excluding carboxylic acids is 1. The number of nitrogens with one attached hydrogen (secondary N) is 1. The lowest BCUT2D eigenvalue weighted by Gasteiger charge is -2.24. The molecular weight excluding hydrogens is 323 g/mol. The molecule has 1 aromatic carbocycles. The molecule has 2 amide bonds. The van der Waals surface area contributed by atoms with Crippen LogP contribution < -0.4 is 5.32 Å². The zero-order valence-corrected chi connectivity index (χ0v) is 12.9. The van der Waals surface area contributed by atoms with Gasteiger partial charge in [0.2, 0.25) is 0 Å². The number of aryl methyl sites for hydroxylation is 1. The van der Waals surface area contributed by atoms with E-state index in [2.05, 4.69) is 10.5 Å². The van der Waals surface area contributed by atoms with E-state index in [1.807, 2.05) is 0 Å². The average molecular weight is 339 g/mol. The van der Waals surface area contributed by atoms with Crippen molar-refractivity contribution in [3.63, 3.8) is 0 Å². The summed E-state index contributed by atoms with van der Waals surface area (Å²) >= 11 is 0. The van der Waals surface area contributed by atoms with Crippen molar-refractivity contribution in [2.24, 2.45) is 0 Å². The Labute approximate surface area is 136 Å². The van der Waals surface area contributed by atoms with Crippen LogP contribution in [0.15, 0.2) is 34.9 Å². The lowest BCUT2D eigenvalue weighted by Crippen LogP contribution is -2.34. The molecule has 1 atom stereocenters. The minimum absolute atomic E-state index is 0.255. The first-order valence-electron chi connectivity index (χ1n) is 7.53. The van der Waals surface area contributed by atoms with Gasteiger partial charge in [0.15, 0.2) is 5.76 Å². The fourth-order valence-electron chi connectivity index (χ4n) is 2.87. The first kappa shape index (κ1) is 16.4. The number of urea groups is 1. The van der Waals surface area contributed by atoms with E-state index < -0.39 is 17.8 Å². The van der Waals surface area contributed by atoms with Gasteiger partial charge in [0, 0.05) is 12.6 Å². The molecule has 1 unspecified atom stereocenters. The fraction of sp³-hybridized carbons (Fsp3) is 0.375. The summed E-state index contributed by atoms with van der Waals surface area (Å²) in [5.41, 5.74) is -0.432. The first-order chi connectivity index (χ1) is 11.4. The molecule has 0 saturated carbocycles. The van der Waals surface area contributed by atoms with Crippen LogP contribution in [-0.2, 0) is 6.18 Å². The Bertz CT molecular complexity index is 742. The zero-order chi connectivity index (χ0) is 17.3. The molecule has 1 saturated heterocycles. The predicted octanol–water partition coefficient (Wildman–Crippen LogP) is 4.37. The Balaban J connectivity index is 1.80. The molecule has 0 radical (unpaired) electrons. The number of carbonyl (C=O) groups is 1. The number of hydrogen-bond donors (Lipinski definition) is 1. The van der Waals surface area contributed by atoms with Crippen molar-refractivity contribution in [3.8, 4) is 0 Å². The molecular formula is C16H16F3N3O2. The molecule has 24 heavy (non-hydrogen) atoms. The van der Waals surface area contributed by atoms with Crippen LogP contribution in [0.1, 0.15) is 35.9 Å². The maximum absolute atomic E-state index is 13.0. The van der Waals surface area contributed by atoms with Crippen molar-refractivity contribution >= 4 is 11.7 Å². The van der Waals surface area contributed by atoms with Crippen LogP contribution in [0.3, 0.4) is 0 Å². The van der Waals surface area contributed by atoms with Crippen LogP contribution in [0.5, 0.6) is 0 Å². The monoisotopic (exact) mass is 339 g/mol. The standard InChI is InChI=1S/C16H16F3N3O2/c1-10-9-14(24-21-10)13-7-4-8-22(13)15(23)20-12-6-3-2-5-11(12)16(17,18)19/h2-3,5-6,9,13H,4,7-8H2,1H3,(H,20,23). The smallest absolute Gasteiger partial charge is 0.359 e. The van der Waals surface area contributed by atoms with Crippen molar-refractivity contribution in [1.82, 2.24) is 10.1 Å². The maximum atomic E-state index is 13.0. The van der Waals surface area contributed by atoms with E-state index in [1.165, 1.54) is 23.1 Å². The predicted molar refractivity (Wildman–Crippen MR) is 80.4 cm³/mol. The lowest BCUT2D eigenvalue weighted by atomic mass is 10.1. The minimum atomic E-state index is -4.53. The Hall–Kier alpha value is -2.51. The van der Waals surface area contributed by atoms with E-state index in [4.69, 9.17) is 4.52 Å². The largest absolute Gasteiger partial charge is 0.418 e. The quantitative estimate of drug-likeness (QED) is 0.884. The van der Waals surface area contributed by atoms with Crippen molar-refractivity contribution in [1.29, 1.82) is 0 Å². The van der Waals surface area contributed by atoms with Crippen molar-refractivity contribution < 1.29 is 22.5 Å². The number of para-hydroxylation sites is 1. The maximum Gasteiger partial charge on any atom is 0.418 e. The summed E-state index contributed by atoms with van der Waals surface area (Å²) in [6.07, 6.45) is -3.10. The van der Waals surface area contributed by atoms with E-state index in [9.17, 15) is 18.0 Å². The molecule has 1 aliphatic rings. The van der Waals surface area contributed by atoms with E-state index in [-0.39, 0.29) is 11.7 Å². The summed E-state index contributed by atoms with van der Waals surface area (Å²) < 4.78 is 44.3. The molecule has 1 fully saturated rings. The van der Waals surface area contributed by atoms with Crippen molar-refractivity contribution in [3.05, 3.63) is 47.3 Å². The molecule has 0 aliphatic carbocycles. The molecule has 5 nitrogen and oxygen atoms in total. The summed E-state index contributed by atoms with van der Waals surface area (Å²) in [7, 11) is 0. The summed E-state index contributed by atoms with van der Waals surface area (Å²) in [6.45, 7) is 2.22. The lowest BCUT2D eigenvalue weighted by molar-refractivity contribution is -0.136. The third-order valence-electron chi connectivity index (χ3n) is 3.96. The van der Waals surface area contributed by atoms with Gasteiger partial charge in [-0.15, -0.1) is 0 Å². The number of benzene rings is 1.